The van der Waals surface area contributed by atoms with Crippen molar-refractivity contribution in [2.24, 2.45) is 0 Å². The second kappa shape index (κ2) is 8.44. The molecule has 4 rings (SSSR count). The van der Waals surface area contributed by atoms with Crippen LogP contribution in [0.15, 0.2) is 46.4 Å². The smallest absolute Gasteiger partial charge is 0.273 e. The fourth-order valence-corrected chi connectivity index (χ4v) is 4.51. The molecule has 0 radical (unpaired) electrons. The summed E-state index contributed by atoms with van der Waals surface area (Å²) >= 11 is 3.38. The number of nitrogens with zero attached hydrogens (tertiary/aromatic N) is 3. The van der Waals surface area contributed by atoms with Gasteiger partial charge in [0, 0.05) is 15.7 Å². The van der Waals surface area contributed by atoms with Gasteiger partial charge in [0.05, 0.1) is 17.1 Å². The second-order valence-electron chi connectivity index (χ2n) is 8.17. The number of carbonyl (C=O) groups is 3. The normalized spacial score (nSPS) is 15.4. The molecule has 0 bridgehead atoms. The van der Waals surface area contributed by atoms with E-state index in [2.05, 4.69) is 32.4 Å². The molecule has 0 saturated carbocycles. The van der Waals surface area contributed by atoms with E-state index in [1.54, 1.807) is 25.1 Å². The minimum absolute atomic E-state index is 0.122. The molecule has 1 aliphatic rings. The molecule has 0 unspecified atom stereocenters. The Bertz CT molecular complexity index is 1370. The lowest BCUT2D eigenvalue weighted by molar-refractivity contribution is -0.122. The van der Waals surface area contributed by atoms with Crippen LogP contribution in [0.2, 0.25) is 0 Å². The van der Waals surface area contributed by atoms with Gasteiger partial charge in [0.25, 0.3) is 11.8 Å². The van der Waals surface area contributed by atoms with Gasteiger partial charge in [-0.15, -0.1) is 0 Å². The van der Waals surface area contributed by atoms with Gasteiger partial charge in [0.15, 0.2) is 0 Å². The van der Waals surface area contributed by atoms with Crippen LogP contribution in [0.4, 0.5) is 10.5 Å². The molecule has 2 aromatic carbocycles. The monoisotopic (exact) mass is 506 g/mol. The number of aromatic nitrogens is 2. The van der Waals surface area contributed by atoms with Crippen molar-refractivity contribution in [3.8, 4) is 5.69 Å². The van der Waals surface area contributed by atoms with Crippen LogP contribution in [0.5, 0.6) is 0 Å². The molecule has 8 heteroatoms. The number of aryl methyl sites for hydroxylation is 4. The third-order valence-corrected chi connectivity index (χ3v) is 6.21. The minimum atomic E-state index is -0.771. The summed E-state index contributed by atoms with van der Waals surface area (Å²) in [5.41, 5.74) is 6.27. The maximum absolute atomic E-state index is 13.3. The molecule has 1 N–H and O–H groups in total. The summed E-state index contributed by atoms with van der Waals surface area (Å²) in [4.78, 5) is 39.5. The first-order valence-electron chi connectivity index (χ1n) is 10.4. The van der Waals surface area contributed by atoms with Gasteiger partial charge in [-0.2, -0.15) is 5.10 Å². The quantitative estimate of drug-likeness (QED) is 0.406. The maximum atomic E-state index is 13.3. The number of imide groups is 2. The highest BCUT2D eigenvalue weighted by atomic mass is 79.9. The van der Waals surface area contributed by atoms with Crippen LogP contribution in [0.3, 0.4) is 0 Å². The van der Waals surface area contributed by atoms with E-state index in [1.807, 2.05) is 44.5 Å². The van der Waals surface area contributed by atoms with Crippen molar-refractivity contribution >= 4 is 45.5 Å². The number of benzene rings is 2. The Morgan fingerprint density at radius 3 is 2.24 bits per heavy atom. The highest BCUT2D eigenvalue weighted by molar-refractivity contribution is 9.10. The topological polar surface area (TPSA) is 84.3 Å². The highest BCUT2D eigenvalue weighted by Crippen LogP contribution is 2.29. The summed E-state index contributed by atoms with van der Waals surface area (Å²) in [5.74, 6) is -1.40. The SMILES string of the molecule is Cc1ccc(-n2nc(C)c(/C=C3/C(=O)NC(=O)N(c4ccc(Br)cc4C)C3=O)c2C)c(C)c1. The van der Waals surface area contributed by atoms with Gasteiger partial charge in [0.1, 0.15) is 5.57 Å². The number of amides is 4. The van der Waals surface area contributed by atoms with E-state index in [0.717, 1.165) is 37.4 Å². The Morgan fingerprint density at radius 1 is 0.909 bits per heavy atom. The van der Waals surface area contributed by atoms with Crippen LogP contribution in [0, 0.1) is 34.6 Å². The third-order valence-electron chi connectivity index (χ3n) is 5.72. The number of hydrogen-bond donors (Lipinski definition) is 1. The van der Waals surface area contributed by atoms with Crippen molar-refractivity contribution in [1.29, 1.82) is 0 Å². The van der Waals surface area contributed by atoms with Crippen LogP contribution in [0.1, 0.15) is 33.6 Å². The zero-order chi connectivity index (χ0) is 24.0. The third kappa shape index (κ3) is 4.02. The molecule has 4 amide bonds. The number of rotatable bonds is 3. The molecule has 1 aromatic heterocycles. The standard InChI is InChI=1S/C25H23BrN4O3/c1-13-6-8-22(14(2)10-13)30-17(5)19(16(4)28-30)12-20-23(31)27-25(33)29(24(20)32)21-9-7-18(26)11-15(21)3/h6-12H,1-5H3,(H,27,31,33)/b20-12-. The van der Waals surface area contributed by atoms with E-state index in [9.17, 15) is 14.4 Å². The zero-order valence-electron chi connectivity index (χ0n) is 19.0. The number of halogens is 1. The first kappa shape index (κ1) is 22.7. The first-order chi connectivity index (χ1) is 15.6. The van der Waals surface area contributed by atoms with Gasteiger partial charge in [-0.3, -0.25) is 14.9 Å². The Balaban J connectivity index is 1.80. The molecule has 33 heavy (non-hydrogen) atoms. The number of urea groups is 1. The van der Waals surface area contributed by atoms with Crippen LogP contribution >= 0.6 is 15.9 Å². The van der Waals surface area contributed by atoms with Gasteiger partial charge in [-0.1, -0.05) is 33.6 Å². The second-order valence-corrected chi connectivity index (χ2v) is 9.09. The molecular formula is C25H23BrN4O3. The van der Waals surface area contributed by atoms with Crippen LogP contribution in [-0.2, 0) is 9.59 Å². The molecule has 0 aliphatic carbocycles. The van der Waals surface area contributed by atoms with Crippen molar-refractivity contribution < 1.29 is 14.4 Å². The largest absolute Gasteiger partial charge is 0.335 e. The predicted molar refractivity (Wildman–Crippen MR) is 130 cm³/mol. The number of hydrogen-bond acceptors (Lipinski definition) is 4. The van der Waals surface area contributed by atoms with Crippen molar-refractivity contribution in [3.05, 3.63) is 80.1 Å². The average Bonchev–Trinajstić information content (AvgIpc) is 3.00. The molecule has 168 valence electrons. The van der Waals surface area contributed by atoms with Gasteiger partial charge in [0.2, 0.25) is 0 Å². The van der Waals surface area contributed by atoms with E-state index in [0.29, 0.717) is 16.9 Å². The summed E-state index contributed by atoms with van der Waals surface area (Å²) in [5, 5.41) is 6.93. The van der Waals surface area contributed by atoms with Crippen LogP contribution in [-0.4, -0.2) is 27.6 Å². The summed E-state index contributed by atoms with van der Waals surface area (Å²) in [6.07, 6.45) is 1.52. The van der Waals surface area contributed by atoms with Gasteiger partial charge < -0.3 is 0 Å². The Morgan fingerprint density at radius 2 is 1.58 bits per heavy atom. The fraction of sp³-hybridized carbons (Fsp3) is 0.200. The molecular weight excluding hydrogens is 484 g/mol. The van der Waals surface area contributed by atoms with Crippen molar-refractivity contribution in [2.45, 2.75) is 34.6 Å². The molecule has 1 aliphatic heterocycles. The lowest BCUT2D eigenvalue weighted by atomic mass is 10.0. The van der Waals surface area contributed by atoms with Gasteiger partial charge in [-0.25, -0.2) is 14.4 Å². The van der Waals surface area contributed by atoms with Crippen molar-refractivity contribution in [2.75, 3.05) is 4.90 Å². The van der Waals surface area contributed by atoms with Gasteiger partial charge in [-0.05, 0) is 76.1 Å². The Hall–Kier alpha value is -3.52. The number of carbonyl (C=O) groups excluding carboxylic acids is 3. The highest BCUT2D eigenvalue weighted by Gasteiger charge is 2.37. The van der Waals surface area contributed by atoms with Crippen molar-refractivity contribution in [3.63, 3.8) is 0 Å². The first-order valence-corrected chi connectivity index (χ1v) is 11.2. The fourth-order valence-electron chi connectivity index (χ4n) is 4.03. The van der Waals surface area contributed by atoms with Crippen LogP contribution < -0.4 is 10.2 Å². The molecule has 0 atom stereocenters. The summed E-state index contributed by atoms with van der Waals surface area (Å²) in [6.45, 7) is 9.55. The van der Waals surface area contributed by atoms with E-state index in [-0.39, 0.29) is 5.57 Å². The summed E-state index contributed by atoms with van der Waals surface area (Å²) in [7, 11) is 0. The molecule has 7 nitrogen and oxygen atoms in total. The van der Waals surface area contributed by atoms with E-state index in [1.165, 1.54) is 6.08 Å². The Kier molecular flexibility index (Phi) is 5.80. The molecule has 1 saturated heterocycles. The number of anilines is 1. The van der Waals surface area contributed by atoms with E-state index >= 15 is 0 Å². The zero-order valence-corrected chi connectivity index (χ0v) is 20.6. The van der Waals surface area contributed by atoms with E-state index < -0.39 is 17.8 Å². The van der Waals surface area contributed by atoms with Gasteiger partial charge >= 0.3 is 6.03 Å². The number of nitrogens with one attached hydrogen (secondary N) is 1. The maximum Gasteiger partial charge on any atom is 0.335 e. The Labute approximate surface area is 200 Å². The predicted octanol–water partition coefficient (Wildman–Crippen LogP) is 4.84. The number of barbiturate groups is 1. The van der Waals surface area contributed by atoms with Crippen molar-refractivity contribution in [1.82, 2.24) is 15.1 Å². The molecule has 0 spiro atoms. The molecule has 1 fully saturated rings. The lowest BCUT2D eigenvalue weighted by Gasteiger charge is -2.27. The molecule has 2 heterocycles. The minimum Gasteiger partial charge on any atom is -0.273 e. The lowest BCUT2D eigenvalue weighted by Crippen LogP contribution is -2.54. The van der Waals surface area contributed by atoms with E-state index in [4.69, 9.17) is 0 Å². The van der Waals surface area contributed by atoms with Crippen LogP contribution in [0.25, 0.3) is 11.8 Å². The summed E-state index contributed by atoms with van der Waals surface area (Å²) in [6, 6.07) is 10.5. The molecule has 3 aromatic rings. The summed E-state index contributed by atoms with van der Waals surface area (Å²) < 4.78 is 2.63. The average molecular weight is 507 g/mol.